The molecule has 0 saturated carbocycles. The highest BCUT2D eigenvalue weighted by atomic mass is 79.9. The molecule has 0 amide bonds. The number of aromatic amines is 1. The minimum Gasteiger partial charge on any atom is -0.305 e. The first-order valence-electron chi connectivity index (χ1n) is 5.33. The van der Waals surface area contributed by atoms with E-state index in [2.05, 4.69) is 30.9 Å². The molecule has 0 bridgehead atoms. The molecule has 0 aliphatic carbocycles. The standard InChI is InChI=1S/C13H8BrN3O/c14-11-7-16-12(17-13(11)18)10-6-15-5-8-3-1-2-4-9(8)10/h1-7H,(H,16,17,18). The molecule has 4 nitrogen and oxygen atoms in total. The molecular weight excluding hydrogens is 294 g/mol. The second-order valence-electron chi connectivity index (χ2n) is 3.82. The summed E-state index contributed by atoms with van der Waals surface area (Å²) in [5.74, 6) is 0.521. The smallest absolute Gasteiger partial charge is 0.265 e. The largest absolute Gasteiger partial charge is 0.305 e. The molecule has 1 N–H and O–H groups in total. The van der Waals surface area contributed by atoms with Crippen LogP contribution in [-0.4, -0.2) is 15.0 Å². The Morgan fingerprint density at radius 3 is 2.78 bits per heavy atom. The van der Waals surface area contributed by atoms with E-state index in [-0.39, 0.29) is 5.56 Å². The average molecular weight is 302 g/mol. The van der Waals surface area contributed by atoms with E-state index in [0.29, 0.717) is 10.3 Å². The highest BCUT2D eigenvalue weighted by Crippen LogP contribution is 2.24. The predicted molar refractivity (Wildman–Crippen MR) is 73.3 cm³/mol. The van der Waals surface area contributed by atoms with Gasteiger partial charge in [-0.3, -0.25) is 9.78 Å². The van der Waals surface area contributed by atoms with Gasteiger partial charge in [0, 0.05) is 29.5 Å². The number of benzene rings is 1. The van der Waals surface area contributed by atoms with Crippen LogP contribution in [0.1, 0.15) is 0 Å². The van der Waals surface area contributed by atoms with Gasteiger partial charge in [-0.05, 0) is 21.3 Å². The van der Waals surface area contributed by atoms with Crippen LogP contribution in [0, 0.1) is 0 Å². The maximum atomic E-state index is 11.6. The Kier molecular flexibility index (Phi) is 2.68. The first-order chi connectivity index (χ1) is 8.75. The lowest BCUT2D eigenvalue weighted by Gasteiger charge is -2.04. The van der Waals surface area contributed by atoms with Crippen molar-refractivity contribution < 1.29 is 0 Å². The van der Waals surface area contributed by atoms with Crippen LogP contribution in [0.15, 0.2) is 52.1 Å². The number of rotatable bonds is 1. The van der Waals surface area contributed by atoms with E-state index in [1.807, 2.05) is 24.3 Å². The lowest BCUT2D eigenvalue weighted by molar-refractivity contribution is 1.11. The second kappa shape index (κ2) is 4.34. The van der Waals surface area contributed by atoms with Gasteiger partial charge in [-0.1, -0.05) is 24.3 Å². The van der Waals surface area contributed by atoms with Crippen molar-refractivity contribution in [3.05, 3.63) is 57.7 Å². The topological polar surface area (TPSA) is 58.6 Å². The number of nitrogens with zero attached hydrogens (tertiary/aromatic N) is 2. The molecule has 0 atom stereocenters. The number of aromatic nitrogens is 3. The van der Waals surface area contributed by atoms with E-state index >= 15 is 0 Å². The number of halogens is 1. The predicted octanol–water partition coefficient (Wildman–Crippen LogP) is 2.75. The molecule has 0 aliphatic heterocycles. The van der Waals surface area contributed by atoms with Crippen molar-refractivity contribution in [1.82, 2.24) is 15.0 Å². The molecule has 3 rings (SSSR count). The molecule has 2 aromatic heterocycles. The molecule has 0 aliphatic rings. The fourth-order valence-electron chi connectivity index (χ4n) is 1.82. The normalized spacial score (nSPS) is 10.7. The van der Waals surface area contributed by atoms with Crippen molar-refractivity contribution in [2.75, 3.05) is 0 Å². The number of H-pyrrole nitrogens is 1. The maximum Gasteiger partial charge on any atom is 0.265 e. The van der Waals surface area contributed by atoms with Crippen molar-refractivity contribution in [1.29, 1.82) is 0 Å². The Bertz CT molecular complexity index is 777. The van der Waals surface area contributed by atoms with Crippen molar-refractivity contribution in [2.45, 2.75) is 0 Å². The fraction of sp³-hybridized carbons (Fsp3) is 0. The van der Waals surface area contributed by atoms with Gasteiger partial charge < -0.3 is 4.98 Å². The molecule has 0 fully saturated rings. The molecule has 0 radical (unpaired) electrons. The van der Waals surface area contributed by atoms with Crippen LogP contribution in [-0.2, 0) is 0 Å². The van der Waals surface area contributed by atoms with Crippen LogP contribution in [0.4, 0.5) is 0 Å². The minimum absolute atomic E-state index is 0.201. The van der Waals surface area contributed by atoms with Crippen LogP contribution >= 0.6 is 15.9 Å². The van der Waals surface area contributed by atoms with Crippen molar-refractivity contribution in [3.63, 3.8) is 0 Å². The Hall–Kier alpha value is -2.01. The van der Waals surface area contributed by atoms with Gasteiger partial charge in [0.1, 0.15) is 10.3 Å². The zero-order chi connectivity index (χ0) is 12.5. The van der Waals surface area contributed by atoms with E-state index in [1.165, 1.54) is 6.20 Å². The Balaban J connectivity index is 2.31. The van der Waals surface area contributed by atoms with Gasteiger partial charge >= 0.3 is 0 Å². The highest BCUT2D eigenvalue weighted by molar-refractivity contribution is 9.10. The maximum absolute atomic E-state index is 11.6. The van der Waals surface area contributed by atoms with Crippen LogP contribution < -0.4 is 5.56 Å². The Morgan fingerprint density at radius 2 is 1.94 bits per heavy atom. The molecule has 88 valence electrons. The number of hydrogen-bond donors (Lipinski definition) is 1. The van der Waals surface area contributed by atoms with Crippen molar-refractivity contribution in [3.8, 4) is 11.4 Å². The van der Waals surface area contributed by atoms with Gasteiger partial charge in [0.2, 0.25) is 0 Å². The molecule has 3 aromatic rings. The number of hydrogen-bond acceptors (Lipinski definition) is 3. The lowest BCUT2D eigenvalue weighted by atomic mass is 10.1. The molecule has 2 heterocycles. The lowest BCUT2D eigenvalue weighted by Crippen LogP contribution is -2.09. The summed E-state index contributed by atoms with van der Waals surface area (Å²) in [7, 11) is 0. The highest BCUT2D eigenvalue weighted by Gasteiger charge is 2.07. The first-order valence-corrected chi connectivity index (χ1v) is 6.13. The van der Waals surface area contributed by atoms with Crippen LogP contribution in [0.2, 0.25) is 0 Å². The zero-order valence-electron chi connectivity index (χ0n) is 9.22. The van der Waals surface area contributed by atoms with Gasteiger partial charge in [0.15, 0.2) is 0 Å². The summed E-state index contributed by atoms with van der Waals surface area (Å²) in [4.78, 5) is 22.7. The summed E-state index contributed by atoms with van der Waals surface area (Å²) < 4.78 is 0.416. The van der Waals surface area contributed by atoms with Gasteiger partial charge in [0.25, 0.3) is 5.56 Å². The molecule has 0 saturated heterocycles. The van der Waals surface area contributed by atoms with Crippen LogP contribution in [0.3, 0.4) is 0 Å². The van der Waals surface area contributed by atoms with Crippen molar-refractivity contribution >= 4 is 26.7 Å². The Morgan fingerprint density at radius 1 is 1.11 bits per heavy atom. The van der Waals surface area contributed by atoms with E-state index in [4.69, 9.17) is 0 Å². The average Bonchev–Trinajstić information content (AvgIpc) is 2.41. The summed E-state index contributed by atoms with van der Waals surface area (Å²) in [6.07, 6.45) is 4.99. The molecular formula is C13H8BrN3O. The van der Waals surface area contributed by atoms with E-state index in [9.17, 15) is 4.79 Å². The fourth-order valence-corrected chi connectivity index (χ4v) is 2.02. The SMILES string of the molecule is O=c1[nH]c(-c2cncc3ccccc23)ncc1Br. The molecule has 18 heavy (non-hydrogen) atoms. The van der Waals surface area contributed by atoms with Crippen LogP contribution in [0.5, 0.6) is 0 Å². The van der Waals surface area contributed by atoms with Crippen LogP contribution in [0.25, 0.3) is 22.2 Å². The number of fused-ring (bicyclic) bond motifs is 1. The van der Waals surface area contributed by atoms with E-state index in [1.54, 1.807) is 12.4 Å². The summed E-state index contributed by atoms with van der Waals surface area (Å²) in [5, 5.41) is 2.03. The molecule has 0 unspecified atom stereocenters. The Labute approximate surface area is 111 Å². The number of nitrogens with one attached hydrogen (secondary N) is 1. The van der Waals surface area contributed by atoms with E-state index < -0.39 is 0 Å². The summed E-state index contributed by atoms with van der Waals surface area (Å²) in [6.45, 7) is 0. The zero-order valence-corrected chi connectivity index (χ0v) is 10.8. The van der Waals surface area contributed by atoms with Gasteiger partial charge in [-0.15, -0.1) is 0 Å². The van der Waals surface area contributed by atoms with Gasteiger partial charge in [-0.2, -0.15) is 0 Å². The summed E-state index contributed by atoms with van der Waals surface area (Å²) in [5.41, 5.74) is 0.616. The summed E-state index contributed by atoms with van der Waals surface area (Å²) >= 11 is 3.13. The summed E-state index contributed by atoms with van der Waals surface area (Å²) in [6, 6.07) is 7.85. The quantitative estimate of drug-likeness (QED) is 0.752. The van der Waals surface area contributed by atoms with Gasteiger partial charge in [0.05, 0.1) is 0 Å². The molecule has 1 aromatic carbocycles. The van der Waals surface area contributed by atoms with E-state index in [0.717, 1.165) is 16.3 Å². The molecule has 5 heteroatoms. The third-order valence-electron chi connectivity index (χ3n) is 2.68. The monoisotopic (exact) mass is 301 g/mol. The number of pyridine rings is 1. The van der Waals surface area contributed by atoms with Gasteiger partial charge in [-0.25, -0.2) is 4.98 Å². The second-order valence-corrected chi connectivity index (χ2v) is 4.67. The molecule has 0 spiro atoms. The van der Waals surface area contributed by atoms with Crippen molar-refractivity contribution in [2.24, 2.45) is 0 Å². The minimum atomic E-state index is -0.201. The first kappa shape index (κ1) is 11.1. The third-order valence-corrected chi connectivity index (χ3v) is 3.24. The third kappa shape index (κ3) is 1.82.